The van der Waals surface area contributed by atoms with Crippen molar-refractivity contribution in [3.63, 3.8) is 0 Å². The van der Waals surface area contributed by atoms with Crippen LogP contribution in [0.5, 0.6) is 17.2 Å². The van der Waals surface area contributed by atoms with E-state index in [9.17, 15) is 13.2 Å². The first-order valence-electron chi connectivity index (χ1n) is 12.3. The summed E-state index contributed by atoms with van der Waals surface area (Å²) in [5, 5.41) is 4.01. The molecule has 0 aromatic heterocycles. The fourth-order valence-corrected chi connectivity index (χ4v) is 4.94. The molecule has 3 rings (SSSR count). The number of ether oxygens (including phenoxy) is 3. The van der Waals surface area contributed by atoms with E-state index in [1.165, 1.54) is 18.3 Å². The van der Waals surface area contributed by atoms with Crippen molar-refractivity contribution in [3.8, 4) is 17.2 Å². The van der Waals surface area contributed by atoms with Crippen LogP contribution in [0.1, 0.15) is 31.9 Å². The number of hydrogen-bond acceptors (Lipinski definition) is 7. The third-order valence-electron chi connectivity index (χ3n) is 5.30. The number of nitrogens with zero attached hydrogens (tertiary/aromatic N) is 2. The Morgan fingerprint density at radius 1 is 0.868 bits per heavy atom. The Hall–Kier alpha value is -4.05. The van der Waals surface area contributed by atoms with Crippen LogP contribution in [0.2, 0.25) is 0 Å². The van der Waals surface area contributed by atoms with Crippen molar-refractivity contribution in [2.45, 2.75) is 32.6 Å². The molecule has 9 nitrogen and oxygen atoms in total. The highest BCUT2D eigenvalue weighted by atomic mass is 32.2. The van der Waals surface area contributed by atoms with Gasteiger partial charge in [-0.05, 0) is 87.9 Å². The molecule has 3 aromatic rings. The van der Waals surface area contributed by atoms with Crippen molar-refractivity contribution in [1.82, 2.24) is 5.43 Å². The Balaban J connectivity index is 1.79. The number of hydrogen-bond donors (Lipinski definition) is 1. The zero-order valence-electron chi connectivity index (χ0n) is 22.0. The SMILES string of the molecule is CCOc1ccc(S(=O)(=O)N(CC(=O)N/N=C\c2ccc(OCC)c(OCC)c2)c2ccc(C)cc2)cc1. The Kier molecular flexibility index (Phi) is 10.1. The molecule has 0 aliphatic rings. The fourth-order valence-electron chi connectivity index (χ4n) is 3.52. The molecule has 38 heavy (non-hydrogen) atoms. The Bertz CT molecular complexity index is 1340. The van der Waals surface area contributed by atoms with E-state index < -0.39 is 22.5 Å². The minimum atomic E-state index is -4.06. The summed E-state index contributed by atoms with van der Waals surface area (Å²) in [6.45, 7) is 8.46. The number of carbonyl (C=O) groups is 1. The first kappa shape index (κ1) is 28.5. The number of anilines is 1. The first-order chi connectivity index (χ1) is 18.3. The minimum absolute atomic E-state index is 0.0377. The van der Waals surface area contributed by atoms with E-state index in [0.717, 1.165) is 9.87 Å². The molecule has 0 atom stereocenters. The van der Waals surface area contributed by atoms with Crippen molar-refractivity contribution in [3.05, 3.63) is 77.9 Å². The fraction of sp³-hybridized carbons (Fsp3) is 0.286. The highest BCUT2D eigenvalue weighted by Gasteiger charge is 2.27. The lowest BCUT2D eigenvalue weighted by Gasteiger charge is -2.24. The molecule has 3 aromatic carbocycles. The van der Waals surface area contributed by atoms with Crippen LogP contribution in [0, 0.1) is 6.92 Å². The maximum Gasteiger partial charge on any atom is 0.264 e. The van der Waals surface area contributed by atoms with Crippen molar-refractivity contribution >= 4 is 27.8 Å². The van der Waals surface area contributed by atoms with Crippen LogP contribution in [0.4, 0.5) is 5.69 Å². The van der Waals surface area contributed by atoms with E-state index in [1.807, 2.05) is 27.7 Å². The molecule has 0 fully saturated rings. The van der Waals surface area contributed by atoms with E-state index in [4.69, 9.17) is 14.2 Å². The maximum atomic E-state index is 13.5. The van der Waals surface area contributed by atoms with Gasteiger partial charge in [0.2, 0.25) is 0 Å². The highest BCUT2D eigenvalue weighted by Crippen LogP contribution is 2.28. The van der Waals surface area contributed by atoms with E-state index in [2.05, 4.69) is 10.5 Å². The van der Waals surface area contributed by atoms with Crippen LogP contribution < -0.4 is 23.9 Å². The molecule has 0 spiro atoms. The highest BCUT2D eigenvalue weighted by molar-refractivity contribution is 7.92. The lowest BCUT2D eigenvalue weighted by Crippen LogP contribution is -2.39. The molecule has 1 amide bonds. The van der Waals surface area contributed by atoms with Crippen molar-refractivity contribution in [1.29, 1.82) is 0 Å². The second kappa shape index (κ2) is 13.5. The molecule has 1 N–H and O–H groups in total. The van der Waals surface area contributed by atoms with Gasteiger partial charge in [0.05, 0.1) is 36.6 Å². The van der Waals surface area contributed by atoms with E-state index in [1.54, 1.807) is 54.6 Å². The predicted molar refractivity (Wildman–Crippen MR) is 148 cm³/mol. The molecule has 0 radical (unpaired) electrons. The average Bonchev–Trinajstić information content (AvgIpc) is 2.90. The molecule has 0 aliphatic heterocycles. The van der Waals surface area contributed by atoms with Gasteiger partial charge in [-0.3, -0.25) is 9.10 Å². The Labute approximate surface area is 224 Å². The molecule has 0 unspecified atom stereocenters. The number of carbonyl (C=O) groups excluding carboxylic acids is 1. The summed E-state index contributed by atoms with van der Waals surface area (Å²) in [6, 6.07) is 18.3. The van der Waals surface area contributed by atoms with Crippen molar-refractivity contribution < 1.29 is 27.4 Å². The van der Waals surface area contributed by atoms with Gasteiger partial charge in [-0.2, -0.15) is 5.10 Å². The molecular weight excluding hydrogens is 506 g/mol. The summed E-state index contributed by atoms with van der Waals surface area (Å²) in [4.78, 5) is 12.9. The van der Waals surface area contributed by atoms with E-state index >= 15 is 0 Å². The van der Waals surface area contributed by atoms with E-state index in [-0.39, 0.29) is 4.90 Å². The molecule has 0 saturated carbocycles. The second-order valence-corrected chi connectivity index (χ2v) is 9.98. The van der Waals surface area contributed by atoms with Gasteiger partial charge < -0.3 is 14.2 Å². The molecule has 202 valence electrons. The zero-order chi connectivity index (χ0) is 27.5. The van der Waals surface area contributed by atoms with Gasteiger partial charge in [-0.15, -0.1) is 0 Å². The number of benzene rings is 3. The van der Waals surface area contributed by atoms with Crippen LogP contribution in [0.25, 0.3) is 0 Å². The number of rotatable bonds is 13. The Morgan fingerprint density at radius 3 is 2.13 bits per heavy atom. The quantitative estimate of drug-likeness (QED) is 0.253. The first-order valence-corrected chi connectivity index (χ1v) is 13.8. The van der Waals surface area contributed by atoms with Gasteiger partial charge >= 0.3 is 0 Å². The molecular formula is C28H33N3O6S. The van der Waals surface area contributed by atoms with Crippen molar-refractivity contribution in [2.24, 2.45) is 5.10 Å². The summed E-state index contributed by atoms with van der Waals surface area (Å²) in [7, 11) is -4.06. The minimum Gasteiger partial charge on any atom is -0.494 e. The van der Waals surface area contributed by atoms with Crippen LogP contribution in [0.15, 0.2) is 76.7 Å². The third-order valence-corrected chi connectivity index (χ3v) is 7.09. The number of sulfonamides is 1. The van der Waals surface area contributed by atoms with Gasteiger partial charge in [0, 0.05) is 0 Å². The van der Waals surface area contributed by atoms with Gasteiger partial charge in [-0.1, -0.05) is 17.7 Å². The summed E-state index contributed by atoms with van der Waals surface area (Å²) in [6.07, 6.45) is 1.45. The zero-order valence-corrected chi connectivity index (χ0v) is 22.8. The lowest BCUT2D eigenvalue weighted by molar-refractivity contribution is -0.119. The summed E-state index contributed by atoms with van der Waals surface area (Å²) < 4.78 is 44.7. The van der Waals surface area contributed by atoms with Crippen LogP contribution in [0.3, 0.4) is 0 Å². The number of amides is 1. The van der Waals surface area contributed by atoms with Crippen molar-refractivity contribution in [2.75, 3.05) is 30.7 Å². The Morgan fingerprint density at radius 2 is 1.50 bits per heavy atom. The number of aryl methyl sites for hydroxylation is 1. The van der Waals surface area contributed by atoms with Gasteiger partial charge in [0.1, 0.15) is 12.3 Å². The second-order valence-electron chi connectivity index (χ2n) is 8.12. The van der Waals surface area contributed by atoms with Gasteiger partial charge in [0.15, 0.2) is 11.5 Å². The molecule has 0 heterocycles. The lowest BCUT2D eigenvalue weighted by atomic mass is 10.2. The molecule has 0 bridgehead atoms. The molecule has 0 saturated heterocycles. The average molecular weight is 540 g/mol. The largest absolute Gasteiger partial charge is 0.494 e. The normalized spacial score (nSPS) is 11.3. The smallest absolute Gasteiger partial charge is 0.264 e. The monoisotopic (exact) mass is 539 g/mol. The standard InChI is InChI=1S/C28H33N3O6S/c1-5-35-24-13-15-25(16-14-24)38(33,34)31(23-11-8-21(4)9-12-23)20-28(32)30-29-19-22-10-17-26(36-6-2)27(18-22)37-7-3/h8-19H,5-7,20H2,1-4H3,(H,30,32)/b29-19-. The van der Waals surface area contributed by atoms with Gasteiger partial charge in [0.25, 0.3) is 15.9 Å². The topological polar surface area (TPSA) is 107 Å². The molecule has 0 aliphatic carbocycles. The third kappa shape index (κ3) is 7.48. The van der Waals surface area contributed by atoms with Crippen LogP contribution in [-0.4, -0.2) is 46.9 Å². The van der Waals surface area contributed by atoms with Crippen LogP contribution in [-0.2, 0) is 14.8 Å². The predicted octanol–water partition coefficient (Wildman–Crippen LogP) is 4.54. The number of hydrazone groups is 1. The summed E-state index contributed by atoms with van der Waals surface area (Å²) in [5.41, 5.74) is 4.41. The maximum absolute atomic E-state index is 13.5. The number of nitrogens with one attached hydrogen (secondary N) is 1. The summed E-state index contributed by atoms with van der Waals surface area (Å²) in [5.74, 6) is 1.13. The van der Waals surface area contributed by atoms with Gasteiger partial charge in [-0.25, -0.2) is 13.8 Å². The molecule has 10 heteroatoms. The van der Waals surface area contributed by atoms with Crippen LogP contribution >= 0.6 is 0 Å². The van der Waals surface area contributed by atoms with E-state index in [0.29, 0.717) is 48.3 Å². The summed E-state index contributed by atoms with van der Waals surface area (Å²) >= 11 is 0.